The fraction of sp³-hybridized carbons (Fsp3) is 0.355. The second-order valence-corrected chi connectivity index (χ2v) is 12.9. The van der Waals surface area contributed by atoms with Crippen LogP contribution in [0.5, 0.6) is 0 Å². The summed E-state index contributed by atoms with van der Waals surface area (Å²) < 4.78 is 26.8. The first-order valence-electron chi connectivity index (χ1n) is 13.3. The molecule has 0 heterocycles. The highest BCUT2D eigenvalue weighted by molar-refractivity contribution is 7.92. The lowest BCUT2D eigenvalue weighted by Crippen LogP contribution is -2.53. The Morgan fingerprint density at radius 3 is 2.20 bits per heavy atom. The maximum atomic E-state index is 14.1. The molecule has 3 rings (SSSR count). The molecule has 0 aromatic heterocycles. The molecular formula is C31H38ClN3O4S. The van der Waals surface area contributed by atoms with Crippen LogP contribution in [-0.2, 0) is 32.6 Å². The number of carbonyl (C=O) groups excluding carboxylic acids is 2. The van der Waals surface area contributed by atoms with E-state index in [9.17, 15) is 18.0 Å². The third-order valence-electron chi connectivity index (χ3n) is 6.51. The number of nitrogens with one attached hydrogen (secondary N) is 1. The number of benzene rings is 3. The summed E-state index contributed by atoms with van der Waals surface area (Å²) in [6.07, 6.45) is 1.33. The summed E-state index contributed by atoms with van der Waals surface area (Å²) in [6.45, 7) is 7.88. The first-order valence-corrected chi connectivity index (χ1v) is 15.5. The fourth-order valence-corrected chi connectivity index (χ4v) is 5.35. The van der Waals surface area contributed by atoms with Gasteiger partial charge in [0.15, 0.2) is 0 Å². The first kappa shape index (κ1) is 31.2. The van der Waals surface area contributed by atoms with Gasteiger partial charge in [-0.2, -0.15) is 0 Å². The monoisotopic (exact) mass is 583 g/mol. The van der Waals surface area contributed by atoms with Crippen molar-refractivity contribution in [1.82, 2.24) is 10.2 Å². The number of halogens is 1. The van der Waals surface area contributed by atoms with Crippen molar-refractivity contribution in [2.24, 2.45) is 5.92 Å². The number of amides is 2. The second kappa shape index (κ2) is 13.8. The van der Waals surface area contributed by atoms with Crippen molar-refractivity contribution in [2.75, 3.05) is 23.7 Å². The maximum absolute atomic E-state index is 14.1. The van der Waals surface area contributed by atoms with Crippen molar-refractivity contribution >= 4 is 39.1 Å². The topological polar surface area (TPSA) is 86.8 Å². The Bertz CT molecular complexity index is 1430. The summed E-state index contributed by atoms with van der Waals surface area (Å²) in [7, 11) is -3.86. The van der Waals surface area contributed by atoms with E-state index in [2.05, 4.69) is 5.32 Å². The molecule has 0 bridgehead atoms. The Morgan fingerprint density at radius 1 is 0.925 bits per heavy atom. The molecule has 0 radical (unpaired) electrons. The number of carbonyl (C=O) groups is 2. The minimum absolute atomic E-state index is 0.138. The van der Waals surface area contributed by atoms with Gasteiger partial charge in [-0.15, -0.1) is 0 Å². The number of rotatable bonds is 12. The van der Waals surface area contributed by atoms with Crippen molar-refractivity contribution in [3.63, 3.8) is 0 Å². The van der Waals surface area contributed by atoms with Crippen LogP contribution < -0.4 is 9.62 Å². The van der Waals surface area contributed by atoms with Crippen LogP contribution in [0.15, 0.2) is 72.8 Å². The van der Waals surface area contributed by atoms with Crippen LogP contribution in [0.4, 0.5) is 5.69 Å². The van der Waals surface area contributed by atoms with Crippen molar-refractivity contribution < 1.29 is 18.0 Å². The third kappa shape index (κ3) is 8.83. The van der Waals surface area contributed by atoms with E-state index >= 15 is 0 Å². The lowest BCUT2D eigenvalue weighted by molar-refractivity contribution is -0.140. The number of hydrogen-bond donors (Lipinski definition) is 1. The van der Waals surface area contributed by atoms with Gasteiger partial charge in [0.2, 0.25) is 21.8 Å². The molecule has 0 aliphatic rings. The van der Waals surface area contributed by atoms with Crippen molar-refractivity contribution in [3.05, 3.63) is 100 Å². The predicted octanol–water partition coefficient (Wildman–Crippen LogP) is 5.14. The fourth-order valence-electron chi connectivity index (χ4n) is 4.33. The van der Waals surface area contributed by atoms with Crippen molar-refractivity contribution in [2.45, 2.75) is 46.7 Å². The molecule has 2 amide bonds. The molecule has 1 atom stereocenters. The molecule has 0 spiro atoms. The van der Waals surface area contributed by atoms with Crippen molar-refractivity contribution in [3.8, 4) is 0 Å². The van der Waals surface area contributed by atoms with Gasteiger partial charge >= 0.3 is 0 Å². The van der Waals surface area contributed by atoms with Gasteiger partial charge in [-0.25, -0.2) is 8.42 Å². The van der Waals surface area contributed by atoms with Gasteiger partial charge in [0.25, 0.3) is 0 Å². The van der Waals surface area contributed by atoms with E-state index < -0.39 is 28.5 Å². The molecule has 0 saturated carbocycles. The molecular weight excluding hydrogens is 546 g/mol. The van der Waals surface area contributed by atoms with E-state index in [1.54, 1.807) is 12.1 Å². The molecule has 1 unspecified atom stereocenters. The quantitative estimate of drug-likeness (QED) is 0.320. The van der Waals surface area contributed by atoms with E-state index in [0.717, 1.165) is 32.8 Å². The molecule has 3 aromatic carbocycles. The van der Waals surface area contributed by atoms with E-state index in [4.69, 9.17) is 11.6 Å². The zero-order valence-corrected chi connectivity index (χ0v) is 25.3. The van der Waals surface area contributed by atoms with Gasteiger partial charge in [-0.05, 0) is 48.6 Å². The number of hydrogen-bond acceptors (Lipinski definition) is 4. The lowest BCUT2D eigenvalue weighted by Gasteiger charge is -2.33. The Kier molecular flexibility index (Phi) is 10.8. The molecule has 214 valence electrons. The van der Waals surface area contributed by atoms with Crippen LogP contribution in [0.3, 0.4) is 0 Å². The summed E-state index contributed by atoms with van der Waals surface area (Å²) >= 11 is 6.30. The van der Waals surface area contributed by atoms with E-state index in [1.807, 2.05) is 82.3 Å². The van der Waals surface area contributed by atoms with E-state index in [-0.39, 0.29) is 30.5 Å². The summed E-state index contributed by atoms with van der Waals surface area (Å²) in [5.74, 6) is -0.568. The van der Waals surface area contributed by atoms with Crippen molar-refractivity contribution in [1.29, 1.82) is 0 Å². The summed E-state index contributed by atoms with van der Waals surface area (Å²) in [6, 6.07) is 21.2. The highest BCUT2D eigenvalue weighted by atomic mass is 35.5. The van der Waals surface area contributed by atoms with Crippen LogP contribution in [-0.4, -0.2) is 50.5 Å². The minimum atomic E-state index is -3.86. The van der Waals surface area contributed by atoms with Crippen LogP contribution in [0, 0.1) is 19.8 Å². The number of nitrogens with zero attached hydrogens (tertiary/aromatic N) is 2. The number of anilines is 1. The molecule has 3 aromatic rings. The molecule has 0 saturated heterocycles. The third-order valence-corrected chi connectivity index (χ3v) is 8.06. The Hall–Kier alpha value is -3.36. The summed E-state index contributed by atoms with van der Waals surface area (Å²) in [5.41, 5.74) is 3.81. The van der Waals surface area contributed by atoms with E-state index in [1.165, 1.54) is 11.0 Å². The molecule has 40 heavy (non-hydrogen) atoms. The zero-order valence-electron chi connectivity index (χ0n) is 23.7. The van der Waals surface area contributed by atoms with Gasteiger partial charge < -0.3 is 10.2 Å². The summed E-state index contributed by atoms with van der Waals surface area (Å²) in [5, 5.41) is 3.38. The molecule has 0 fully saturated rings. The highest BCUT2D eigenvalue weighted by Gasteiger charge is 2.33. The average molecular weight is 584 g/mol. The largest absolute Gasteiger partial charge is 0.354 e. The minimum Gasteiger partial charge on any atom is -0.354 e. The highest BCUT2D eigenvalue weighted by Crippen LogP contribution is 2.26. The van der Waals surface area contributed by atoms with Gasteiger partial charge in [0.05, 0.1) is 11.9 Å². The zero-order chi connectivity index (χ0) is 29.4. The molecule has 9 heteroatoms. The van der Waals surface area contributed by atoms with E-state index in [0.29, 0.717) is 11.6 Å². The van der Waals surface area contributed by atoms with Crippen LogP contribution in [0.1, 0.15) is 36.1 Å². The van der Waals surface area contributed by atoms with Crippen LogP contribution in [0.2, 0.25) is 5.02 Å². The Labute approximate surface area is 243 Å². The van der Waals surface area contributed by atoms with Crippen LogP contribution >= 0.6 is 11.6 Å². The SMILES string of the molecule is Cc1cccc(CN(C(=O)CN(c2ccc(C)c(Cl)c2)S(C)(=O)=O)C(Cc2ccccc2)C(=O)NCC(C)C)c1. The lowest BCUT2D eigenvalue weighted by atomic mass is 10.0. The number of aryl methyl sites for hydroxylation is 2. The Morgan fingerprint density at radius 2 is 1.60 bits per heavy atom. The Balaban J connectivity index is 2.06. The smallest absolute Gasteiger partial charge is 0.244 e. The van der Waals surface area contributed by atoms with Crippen LogP contribution in [0.25, 0.3) is 0 Å². The van der Waals surface area contributed by atoms with Gasteiger partial charge in [0.1, 0.15) is 12.6 Å². The number of sulfonamides is 1. The van der Waals surface area contributed by atoms with Gasteiger partial charge in [-0.3, -0.25) is 13.9 Å². The first-order chi connectivity index (χ1) is 18.8. The molecule has 0 aliphatic heterocycles. The standard InChI is InChI=1S/C31H38ClN3O4S/c1-22(2)19-33-31(37)29(17-25-11-7-6-8-12-25)34(20-26-13-9-10-23(3)16-26)30(36)21-35(40(5,38)39)27-15-14-24(4)28(32)18-27/h6-16,18,22,29H,17,19-21H2,1-5H3,(H,33,37). The predicted molar refractivity (Wildman–Crippen MR) is 162 cm³/mol. The normalized spacial score (nSPS) is 12.2. The molecule has 0 aliphatic carbocycles. The van der Waals surface area contributed by atoms with Gasteiger partial charge in [0, 0.05) is 24.5 Å². The second-order valence-electron chi connectivity index (χ2n) is 10.6. The molecule has 1 N–H and O–H groups in total. The van der Waals surface area contributed by atoms with Gasteiger partial charge in [-0.1, -0.05) is 91.7 Å². The summed E-state index contributed by atoms with van der Waals surface area (Å²) in [4.78, 5) is 29.2. The maximum Gasteiger partial charge on any atom is 0.244 e. The average Bonchev–Trinajstić information content (AvgIpc) is 2.89. The molecule has 7 nitrogen and oxygen atoms in total.